The molecule has 0 spiro atoms. The summed E-state index contributed by atoms with van der Waals surface area (Å²) in [5, 5.41) is 4.67. The Kier molecular flexibility index (Phi) is 6.61. The maximum atomic E-state index is 6.74. The van der Waals surface area contributed by atoms with Crippen LogP contribution in [0.3, 0.4) is 0 Å². The molecule has 1 aliphatic rings. The fourth-order valence-electron chi connectivity index (χ4n) is 6.43. The second-order valence-electron chi connectivity index (χ2n) is 11.7. The fourth-order valence-corrected chi connectivity index (χ4v) is 6.43. The van der Waals surface area contributed by atoms with Crippen LogP contribution in [-0.4, -0.2) is 13.2 Å². The molecule has 2 bridgehead atoms. The third-order valence-electron chi connectivity index (χ3n) is 8.83. The molecule has 8 rings (SSSR count). The van der Waals surface area contributed by atoms with Crippen molar-refractivity contribution in [2.75, 3.05) is 13.2 Å². The van der Waals surface area contributed by atoms with E-state index in [1.165, 1.54) is 49.5 Å². The Morgan fingerprint density at radius 3 is 1.84 bits per heavy atom. The summed E-state index contributed by atoms with van der Waals surface area (Å²) in [5.41, 5.74) is 9.49. The number of fused-ring (bicyclic) bond motifs is 8. The van der Waals surface area contributed by atoms with Gasteiger partial charge in [-0.05, 0) is 92.2 Å². The predicted octanol–water partition coefficient (Wildman–Crippen LogP) is 10.9. The van der Waals surface area contributed by atoms with Crippen LogP contribution in [0.5, 0.6) is 11.5 Å². The van der Waals surface area contributed by atoms with E-state index in [-0.39, 0.29) is 5.92 Å². The van der Waals surface area contributed by atoms with Crippen LogP contribution in [0, 0.1) is 6.92 Å². The van der Waals surface area contributed by atoms with Crippen molar-refractivity contribution in [3.8, 4) is 44.9 Å². The number of aryl methyl sites for hydroxylation is 1. The number of benzene rings is 7. The lowest BCUT2D eigenvalue weighted by molar-refractivity contribution is 0.219. The van der Waals surface area contributed by atoms with Crippen molar-refractivity contribution in [2.45, 2.75) is 12.8 Å². The lowest BCUT2D eigenvalue weighted by atomic mass is 9.90. The summed E-state index contributed by atoms with van der Waals surface area (Å²) >= 11 is 0. The zero-order valence-electron chi connectivity index (χ0n) is 24.7. The number of rotatable bonds is 3. The first kappa shape index (κ1) is 26.3. The van der Waals surface area contributed by atoms with Gasteiger partial charge in [0.25, 0.3) is 0 Å². The topological polar surface area (TPSA) is 18.5 Å². The van der Waals surface area contributed by atoms with E-state index in [0.717, 1.165) is 28.0 Å². The zero-order valence-corrected chi connectivity index (χ0v) is 24.7. The molecule has 44 heavy (non-hydrogen) atoms. The first-order valence-electron chi connectivity index (χ1n) is 15.3. The first-order valence-corrected chi connectivity index (χ1v) is 15.3. The molecule has 0 saturated heterocycles. The highest BCUT2D eigenvalue weighted by Gasteiger charge is 2.22. The molecule has 0 aliphatic carbocycles. The minimum absolute atomic E-state index is 0.0903. The highest BCUT2D eigenvalue weighted by atomic mass is 16.5. The summed E-state index contributed by atoms with van der Waals surface area (Å²) in [6.07, 6.45) is 0. The van der Waals surface area contributed by atoms with Gasteiger partial charge in [-0.25, -0.2) is 0 Å². The van der Waals surface area contributed by atoms with E-state index in [0.29, 0.717) is 13.2 Å². The lowest BCUT2D eigenvalue weighted by Crippen LogP contribution is -2.19. The zero-order chi connectivity index (χ0) is 29.5. The van der Waals surface area contributed by atoms with E-state index in [1.54, 1.807) is 0 Å². The normalized spacial score (nSPS) is 14.4. The molecule has 1 heterocycles. The summed E-state index contributed by atoms with van der Waals surface area (Å²) < 4.78 is 13.3. The Morgan fingerprint density at radius 2 is 1.14 bits per heavy atom. The highest BCUT2D eigenvalue weighted by Crippen LogP contribution is 2.45. The van der Waals surface area contributed by atoms with Gasteiger partial charge in [-0.2, -0.15) is 0 Å². The van der Waals surface area contributed by atoms with Crippen LogP contribution in [0.1, 0.15) is 17.0 Å². The number of hydrogen-bond acceptors (Lipinski definition) is 2. The molecule has 1 aliphatic heterocycles. The summed E-state index contributed by atoms with van der Waals surface area (Å²) in [6, 6.07) is 52.1. The molecule has 2 nitrogen and oxygen atoms in total. The van der Waals surface area contributed by atoms with Crippen LogP contribution in [0.4, 0.5) is 0 Å². The highest BCUT2D eigenvalue weighted by molar-refractivity contribution is 6.09. The lowest BCUT2D eigenvalue weighted by Gasteiger charge is -2.24. The van der Waals surface area contributed by atoms with E-state index in [2.05, 4.69) is 153 Å². The van der Waals surface area contributed by atoms with Crippen molar-refractivity contribution >= 4 is 21.5 Å². The molecular weight excluding hydrogens is 536 g/mol. The number of ether oxygens (including phenoxy) is 2. The minimum atomic E-state index is 0.0903. The van der Waals surface area contributed by atoms with Crippen molar-refractivity contribution in [2.24, 2.45) is 0 Å². The van der Waals surface area contributed by atoms with Gasteiger partial charge in [0.05, 0.1) is 19.1 Å². The Hall–Kier alpha value is -5.34. The first-order chi connectivity index (χ1) is 21.7. The molecule has 1 unspecified atom stereocenters. The predicted molar refractivity (Wildman–Crippen MR) is 183 cm³/mol. The van der Waals surface area contributed by atoms with Crippen molar-refractivity contribution in [3.63, 3.8) is 0 Å². The third-order valence-corrected chi connectivity index (χ3v) is 8.83. The Morgan fingerprint density at radius 1 is 0.500 bits per heavy atom. The Labute approximate surface area is 258 Å². The van der Waals surface area contributed by atoms with Crippen molar-refractivity contribution in [1.82, 2.24) is 0 Å². The van der Waals surface area contributed by atoms with Gasteiger partial charge in [0.1, 0.15) is 11.5 Å². The quantitative estimate of drug-likeness (QED) is 0.211. The monoisotopic (exact) mass is 568 g/mol. The molecule has 0 saturated carbocycles. The van der Waals surface area contributed by atoms with Crippen LogP contribution < -0.4 is 9.47 Å². The van der Waals surface area contributed by atoms with Gasteiger partial charge in [0, 0.05) is 5.56 Å². The molecule has 2 heteroatoms. The number of hydrogen-bond donors (Lipinski definition) is 0. The van der Waals surface area contributed by atoms with Crippen LogP contribution >= 0.6 is 0 Å². The molecule has 212 valence electrons. The van der Waals surface area contributed by atoms with Crippen molar-refractivity contribution in [1.29, 1.82) is 0 Å². The maximum absolute atomic E-state index is 6.74. The van der Waals surface area contributed by atoms with Gasteiger partial charge in [0.15, 0.2) is 0 Å². The average Bonchev–Trinajstić information content (AvgIpc) is 3.08. The molecule has 0 radical (unpaired) electrons. The molecule has 0 N–H and O–H groups in total. The van der Waals surface area contributed by atoms with Gasteiger partial charge in [-0.15, -0.1) is 0 Å². The van der Waals surface area contributed by atoms with E-state index >= 15 is 0 Å². The van der Waals surface area contributed by atoms with E-state index < -0.39 is 0 Å². The SMILES string of the molecule is Cc1ccc(C2COc3cc(c4ccc(-c5ccccc5)cc4c3)-c3c(ccc4cc(-c5ccccc5)ccc34)OC2)cc1. The summed E-state index contributed by atoms with van der Waals surface area (Å²) in [4.78, 5) is 0. The van der Waals surface area contributed by atoms with E-state index in [9.17, 15) is 0 Å². The summed E-state index contributed by atoms with van der Waals surface area (Å²) in [5.74, 6) is 1.86. The average molecular weight is 569 g/mol. The maximum Gasteiger partial charge on any atom is 0.127 e. The summed E-state index contributed by atoms with van der Waals surface area (Å²) in [7, 11) is 0. The van der Waals surface area contributed by atoms with Crippen LogP contribution in [0.25, 0.3) is 54.9 Å². The second kappa shape index (κ2) is 11.1. The van der Waals surface area contributed by atoms with Crippen molar-refractivity contribution < 1.29 is 9.47 Å². The Balaban J connectivity index is 1.34. The third kappa shape index (κ3) is 4.89. The van der Waals surface area contributed by atoms with Crippen LogP contribution in [0.15, 0.2) is 146 Å². The smallest absolute Gasteiger partial charge is 0.127 e. The van der Waals surface area contributed by atoms with Gasteiger partial charge in [-0.1, -0.05) is 121 Å². The van der Waals surface area contributed by atoms with Gasteiger partial charge in [0.2, 0.25) is 0 Å². The van der Waals surface area contributed by atoms with Crippen molar-refractivity contribution in [3.05, 3.63) is 157 Å². The second-order valence-corrected chi connectivity index (χ2v) is 11.7. The Bertz CT molecular complexity index is 2110. The van der Waals surface area contributed by atoms with E-state index in [1.807, 2.05) is 0 Å². The molecule has 7 aromatic carbocycles. The standard InChI is InChI=1S/C42H32O2/c1-28-12-14-31(15-13-28)36-26-43-37-24-35-23-33(30-10-6-3-7-11-30)16-19-38(35)40(25-37)42-39-20-17-32(29-8-4-2-5-9-29)22-34(39)18-21-41(42)44-27-36/h2-25,36H,26-27H2,1H3. The molecule has 0 amide bonds. The van der Waals surface area contributed by atoms with Crippen LogP contribution in [-0.2, 0) is 0 Å². The largest absolute Gasteiger partial charge is 0.493 e. The van der Waals surface area contributed by atoms with Gasteiger partial charge >= 0.3 is 0 Å². The van der Waals surface area contributed by atoms with Gasteiger partial charge < -0.3 is 9.47 Å². The van der Waals surface area contributed by atoms with E-state index in [4.69, 9.17) is 9.47 Å². The van der Waals surface area contributed by atoms with Crippen LogP contribution in [0.2, 0.25) is 0 Å². The molecule has 0 aromatic heterocycles. The molecular formula is C42H32O2. The molecule has 1 atom stereocenters. The minimum Gasteiger partial charge on any atom is -0.493 e. The molecule has 7 aromatic rings. The summed E-state index contributed by atoms with van der Waals surface area (Å²) in [6.45, 7) is 3.19. The molecule has 0 fully saturated rings. The van der Waals surface area contributed by atoms with Gasteiger partial charge in [-0.3, -0.25) is 0 Å². The fraction of sp³-hybridized carbons (Fsp3) is 0.0952.